The summed E-state index contributed by atoms with van der Waals surface area (Å²) in [6.07, 6.45) is 2.60. The molecule has 8 nitrogen and oxygen atoms in total. The monoisotopic (exact) mass is 375 g/mol. The molecule has 2 aromatic heterocycles. The molecule has 136 valence electrons. The third-order valence-corrected chi connectivity index (χ3v) is 5.32. The summed E-state index contributed by atoms with van der Waals surface area (Å²) < 4.78 is 37.9. The summed E-state index contributed by atoms with van der Waals surface area (Å²) in [5.74, 6) is -0.305. The molecule has 0 aliphatic rings. The fraction of sp³-hybridized carbons (Fsp3) is 0.176. The zero-order valence-corrected chi connectivity index (χ0v) is 14.8. The van der Waals surface area contributed by atoms with Crippen LogP contribution in [0.4, 0.5) is 5.69 Å². The highest BCUT2D eigenvalue weighted by atomic mass is 32.2. The van der Waals surface area contributed by atoms with E-state index in [0.717, 1.165) is 10.5 Å². The Hall–Kier alpha value is -3.07. The molecule has 0 aliphatic carbocycles. The summed E-state index contributed by atoms with van der Waals surface area (Å²) in [5, 5.41) is 5.79. The Morgan fingerprint density at radius 1 is 1.23 bits per heavy atom. The Balaban J connectivity index is 2.06. The molecule has 3 rings (SSSR count). The number of ether oxygens (including phenoxy) is 1. The van der Waals surface area contributed by atoms with Crippen LogP contribution in [0.1, 0.15) is 23.0 Å². The van der Waals surface area contributed by atoms with Gasteiger partial charge in [0.05, 0.1) is 31.3 Å². The number of hydrogen-bond acceptors (Lipinski definition) is 6. The number of benzene rings is 1. The van der Waals surface area contributed by atoms with Gasteiger partial charge in [-0.2, -0.15) is 13.5 Å². The van der Waals surface area contributed by atoms with Gasteiger partial charge in [0, 0.05) is 0 Å². The number of carbonyl (C=O) groups is 1. The summed E-state index contributed by atoms with van der Waals surface area (Å²) in [6, 6.07) is 11.9. The maximum absolute atomic E-state index is 13.3. The van der Waals surface area contributed by atoms with Crippen molar-refractivity contribution in [1.29, 1.82) is 0 Å². The maximum Gasteiger partial charge on any atom is 0.342 e. The molecule has 0 amide bonds. The van der Waals surface area contributed by atoms with E-state index >= 15 is 0 Å². The molecule has 0 saturated heterocycles. The lowest BCUT2D eigenvalue weighted by molar-refractivity contribution is 0.0522. The van der Waals surface area contributed by atoms with Gasteiger partial charge in [-0.25, -0.2) is 4.79 Å². The number of rotatable bonds is 7. The molecule has 0 fully saturated rings. The summed E-state index contributed by atoms with van der Waals surface area (Å²) in [6.45, 7) is 1.72. The van der Waals surface area contributed by atoms with Gasteiger partial charge in [0.15, 0.2) is 5.03 Å². The van der Waals surface area contributed by atoms with Gasteiger partial charge in [0.1, 0.15) is 11.3 Å². The Kier molecular flexibility index (Phi) is 5.08. The van der Waals surface area contributed by atoms with Gasteiger partial charge >= 0.3 is 5.97 Å². The van der Waals surface area contributed by atoms with E-state index in [9.17, 15) is 13.2 Å². The highest BCUT2D eigenvalue weighted by molar-refractivity contribution is 7.92. The standard InChI is InChI=1S/C17H17N3O5S/c1-2-24-17(21)15-11-18-19-16(15)26(22,23)20(12-14-9-6-10-25-14)13-7-4-3-5-8-13/h3-11H,2,12H2,1H3,(H,18,19). The SMILES string of the molecule is CCOC(=O)c1cn[nH]c1S(=O)(=O)N(Cc1ccco1)c1ccccc1. The third kappa shape index (κ3) is 3.47. The van der Waals surface area contributed by atoms with Gasteiger partial charge < -0.3 is 9.15 Å². The normalized spacial score (nSPS) is 11.3. The average molecular weight is 375 g/mol. The Morgan fingerprint density at radius 2 is 2.00 bits per heavy atom. The summed E-state index contributed by atoms with van der Waals surface area (Å²) in [7, 11) is -4.13. The zero-order valence-electron chi connectivity index (χ0n) is 14.0. The lowest BCUT2D eigenvalue weighted by Gasteiger charge is -2.23. The van der Waals surface area contributed by atoms with E-state index < -0.39 is 16.0 Å². The fourth-order valence-corrected chi connectivity index (χ4v) is 3.89. The predicted molar refractivity (Wildman–Crippen MR) is 93.1 cm³/mol. The van der Waals surface area contributed by atoms with Crippen molar-refractivity contribution >= 4 is 21.7 Å². The van der Waals surface area contributed by atoms with E-state index in [4.69, 9.17) is 9.15 Å². The van der Waals surface area contributed by atoms with E-state index in [-0.39, 0.29) is 23.7 Å². The van der Waals surface area contributed by atoms with E-state index in [2.05, 4.69) is 10.2 Å². The molecule has 2 heterocycles. The molecule has 0 unspecified atom stereocenters. The van der Waals surface area contributed by atoms with E-state index in [0.29, 0.717) is 11.4 Å². The number of aromatic nitrogens is 2. The van der Waals surface area contributed by atoms with Crippen LogP contribution in [0.3, 0.4) is 0 Å². The molecular formula is C17H17N3O5S. The first-order valence-electron chi connectivity index (χ1n) is 7.84. The number of nitrogens with zero attached hydrogens (tertiary/aromatic N) is 2. The first kappa shape index (κ1) is 17.7. The molecule has 0 spiro atoms. The van der Waals surface area contributed by atoms with Crippen LogP contribution in [0.2, 0.25) is 0 Å². The van der Waals surface area contributed by atoms with Crippen molar-refractivity contribution in [2.45, 2.75) is 18.5 Å². The number of anilines is 1. The molecule has 1 N–H and O–H groups in total. The van der Waals surface area contributed by atoms with Crippen LogP contribution in [0.15, 0.2) is 64.4 Å². The van der Waals surface area contributed by atoms with Crippen molar-refractivity contribution in [3.05, 3.63) is 66.2 Å². The molecule has 9 heteroatoms. The summed E-state index contributed by atoms with van der Waals surface area (Å²) in [4.78, 5) is 12.1. The van der Waals surface area contributed by atoms with Gasteiger partial charge in [-0.05, 0) is 31.2 Å². The minimum atomic E-state index is -4.13. The Bertz CT molecular complexity index is 965. The first-order chi connectivity index (χ1) is 12.5. The number of aromatic amines is 1. The van der Waals surface area contributed by atoms with Crippen molar-refractivity contribution < 1.29 is 22.4 Å². The van der Waals surface area contributed by atoms with Crippen molar-refractivity contribution in [2.24, 2.45) is 0 Å². The van der Waals surface area contributed by atoms with E-state index in [1.165, 1.54) is 6.26 Å². The second-order valence-electron chi connectivity index (χ2n) is 5.26. The minimum absolute atomic E-state index is 0.0410. The molecule has 0 saturated carbocycles. The predicted octanol–water partition coefficient (Wildman–Crippen LogP) is 2.57. The molecular weight excluding hydrogens is 358 g/mol. The van der Waals surface area contributed by atoms with Crippen LogP contribution in [0.25, 0.3) is 0 Å². The molecule has 26 heavy (non-hydrogen) atoms. The minimum Gasteiger partial charge on any atom is -0.467 e. The topological polar surface area (TPSA) is 106 Å². The second kappa shape index (κ2) is 7.44. The number of para-hydroxylation sites is 1. The Labute approximate surface area is 150 Å². The van der Waals surface area contributed by atoms with Crippen molar-refractivity contribution in [1.82, 2.24) is 10.2 Å². The number of furan rings is 1. The number of H-pyrrole nitrogens is 1. The first-order valence-corrected chi connectivity index (χ1v) is 9.28. The zero-order chi connectivity index (χ0) is 18.6. The van der Waals surface area contributed by atoms with Crippen LogP contribution in [-0.2, 0) is 21.3 Å². The lowest BCUT2D eigenvalue weighted by Crippen LogP contribution is -2.32. The number of hydrogen-bond donors (Lipinski definition) is 1. The number of nitrogens with one attached hydrogen (secondary N) is 1. The van der Waals surface area contributed by atoms with Crippen LogP contribution >= 0.6 is 0 Å². The second-order valence-corrected chi connectivity index (χ2v) is 7.06. The van der Waals surface area contributed by atoms with Crippen LogP contribution in [-0.4, -0.2) is 31.2 Å². The van der Waals surface area contributed by atoms with Crippen LogP contribution in [0, 0.1) is 0 Å². The molecule has 0 aliphatic heterocycles. The highest BCUT2D eigenvalue weighted by Gasteiger charge is 2.32. The van der Waals surface area contributed by atoms with E-state index in [1.54, 1.807) is 49.4 Å². The quantitative estimate of drug-likeness (QED) is 0.636. The molecule has 3 aromatic rings. The van der Waals surface area contributed by atoms with E-state index in [1.807, 2.05) is 0 Å². The van der Waals surface area contributed by atoms with Crippen LogP contribution < -0.4 is 4.31 Å². The smallest absolute Gasteiger partial charge is 0.342 e. The van der Waals surface area contributed by atoms with Gasteiger partial charge in [0.25, 0.3) is 10.0 Å². The highest BCUT2D eigenvalue weighted by Crippen LogP contribution is 2.27. The maximum atomic E-state index is 13.3. The number of sulfonamides is 1. The van der Waals surface area contributed by atoms with Crippen molar-refractivity contribution in [3.63, 3.8) is 0 Å². The Morgan fingerprint density at radius 3 is 2.65 bits per heavy atom. The third-order valence-electron chi connectivity index (χ3n) is 3.57. The average Bonchev–Trinajstić information content (AvgIpc) is 3.32. The lowest BCUT2D eigenvalue weighted by atomic mass is 10.3. The number of esters is 1. The largest absolute Gasteiger partial charge is 0.467 e. The number of carbonyl (C=O) groups excluding carboxylic acids is 1. The van der Waals surface area contributed by atoms with Gasteiger partial charge in [-0.1, -0.05) is 18.2 Å². The molecule has 0 atom stereocenters. The fourth-order valence-electron chi connectivity index (χ4n) is 2.39. The summed E-state index contributed by atoms with van der Waals surface area (Å²) in [5.41, 5.74) is 0.278. The summed E-state index contributed by atoms with van der Waals surface area (Å²) >= 11 is 0. The van der Waals surface area contributed by atoms with Gasteiger partial charge in [-0.15, -0.1) is 0 Å². The van der Waals surface area contributed by atoms with Crippen molar-refractivity contribution in [3.8, 4) is 0 Å². The van der Waals surface area contributed by atoms with Gasteiger partial charge in [0.2, 0.25) is 0 Å². The van der Waals surface area contributed by atoms with Gasteiger partial charge in [-0.3, -0.25) is 9.40 Å². The van der Waals surface area contributed by atoms with Crippen molar-refractivity contribution in [2.75, 3.05) is 10.9 Å². The molecule has 1 aromatic carbocycles. The van der Waals surface area contributed by atoms with Crippen LogP contribution in [0.5, 0.6) is 0 Å². The molecule has 0 bridgehead atoms. The molecule has 0 radical (unpaired) electrons.